The first-order chi connectivity index (χ1) is 8.11. The molecule has 1 aliphatic rings. The lowest BCUT2D eigenvalue weighted by Gasteiger charge is -2.39. The van der Waals surface area contributed by atoms with E-state index in [1.807, 2.05) is 4.90 Å². The van der Waals surface area contributed by atoms with Crippen molar-refractivity contribution in [2.75, 3.05) is 33.2 Å². The molecule has 1 aliphatic heterocycles. The van der Waals surface area contributed by atoms with E-state index in [4.69, 9.17) is 5.73 Å². The van der Waals surface area contributed by atoms with Crippen molar-refractivity contribution in [3.63, 3.8) is 0 Å². The molecular weight excluding hydrogens is 218 g/mol. The zero-order valence-corrected chi connectivity index (χ0v) is 10.3. The van der Waals surface area contributed by atoms with E-state index in [0.717, 1.165) is 19.6 Å². The van der Waals surface area contributed by atoms with Crippen molar-refractivity contribution in [1.29, 1.82) is 0 Å². The van der Waals surface area contributed by atoms with Crippen molar-refractivity contribution < 1.29 is 4.79 Å². The maximum Gasteiger partial charge on any atom is 0.257 e. The Hall–Kier alpha value is -1.40. The Bertz CT molecular complexity index is 402. The number of aromatic nitrogens is 2. The number of hydrogen-bond acceptors (Lipinski definition) is 4. The molecule has 0 spiro atoms. The number of nitrogens with zero attached hydrogens (tertiary/aromatic N) is 4. The summed E-state index contributed by atoms with van der Waals surface area (Å²) >= 11 is 0. The van der Waals surface area contributed by atoms with Crippen molar-refractivity contribution in [3.05, 3.63) is 18.0 Å². The number of rotatable bonds is 2. The van der Waals surface area contributed by atoms with Crippen molar-refractivity contribution in [2.24, 2.45) is 12.8 Å². The van der Waals surface area contributed by atoms with Crippen LogP contribution in [-0.4, -0.2) is 64.8 Å². The molecule has 1 unspecified atom stereocenters. The first-order valence-corrected chi connectivity index (χ1v) is 5.80. The Morgan fingerprint density at radius 2 is 2.29 bits per heavy atom. The van der Waals surface area contributed by atoms with Crippen LogP contribution in [0.1, 0.15) is 10.4 Å². The van der Waals surface area contributed by atoms with Crippen LogP contribution in [0.15, 0.2) is 12.4 Å². The fourth-order valence-corrected chi connectivity index (χ4v) is 2.18. The first kappa shape index (κ1) is 12.1. The average molecular weight is 237 g/mol. The van der Waals surface area contributed by atoms with E-state index in [1.165, 1.54) is 0 Å². The van der Waals surface area contributed by atoms with Gasteiger partial charge in [-0.1, -0.05) is 0 Å². The minimum Gasteiger partial charge on any atom is -0.332 e. The SMILES string of the molecule is CN1CCN(C(=O)c2cnn(C)c2)C(CN)C1. The third-order valence-electron chi connectivity index (χ3n) is 3.17. The summed E-state index contributed by atoms with van der Waals surface area (Å²) < 4.78 is 1.64. The van der Waals surface area contributed by atoms with Crippen LogP contribution < -0.4 is 5.73 Å². The number of likely N-dealkylation sites (N-methyl/N-ethyl adjacent to an activating group) is 1. The van der Waals surface area contributed by atoms with Gasteiger partial charge in [-0.2, -0.15) is 5.10 Å². The van der Waals surface area contributed by atoms with Gasteiger partial charge in [-0.3, -0.25) is 9.48 Å². The van der Waals surface area contributed by atoms with Crippen molar-refractivity contribution in [1.82, 2.24) is 19.6 Å². The van der Waals surface area contributed by atoms with E-state index in [1.54, 1.807) is 24.1 Å². The van der Waals surface area contributed by atoms with Crippen LogP contribution in [0.25, 0.3) is 0 Å². The normalized spacial score (nSPS) is 21.8. The van der Waals surface area contributed by atoms with E-state index >= 15 is 0 Å². The molecule has 1 fully saturated rings. The van der Waals surface area contributed by atoms with Gasteiger partial charge in [0.25, 0.3) is 5.91 Å². The predicted octanol–water partition coefficient (Wildman–Crippen LogP) is -0.865. The first-order valence-electron chi connectivity index (χ1n) is 5.80. The second-order valence-corrected chi connectivity index (χ2v) is 4.55. The van der Waals surface area contributed by atoms with E-state index in [2.05, 4.69) is 17.0 Å². The monoisotopic (exact) mass is 237 g/mol. The Kier molecular flexibility index (Phi) is 3.44. The number of carbonyl (C=O) groups is 1. The van der Waals surface area contributed by atoms with E-state index in [-0.39, 0.29) is 11.9 Å². The van der Waals surface area contributed by atoms with E-state index in [0.29, 0.717) is 12.1 Å². The summed E-state index contributed by atoms with van der Waals surface area (Å²) in [6.07, 6.45) is 3.35. The number of nitrogens with two attached hydrogens (primary N) is 1. The highest BCUT2D eigenvalue weighted by atomic mass is 16.2. The van der Waals surface area contributed by atoms with Gasteiger partial charge in [-0.15, -0.1) is 0 Å². The highest BCUT2D eigenvalue weighted by Crippen LogP contribution is 2.12. The second-order valence-electron chi connectivity index (χ2n) is 4.55. The molecule has 0 saturated carbocycles. The molecule has 6 nitrogen and oxygen atoms in total. The van der Waals surface area contributed by atoms with E-state index < -0.39 is 0 Å². The molecule has 2 N–H and O–H groups in total. The van der Waals surface area contributed by atoms with Gasteiger partial charge in [-0.05, 0) is 7.05 Å². The predicted molar refractivity (Wildman–Crippen MR) is 64.6 cm³/mol. The van der Waals surface area contributed by atoms with Crippen LogP contribution in [0.5, 0.6) is 0 Å². The Balaban J connectivity index is 2.13. The molecule has 0 radical (unpaired) electrons. The highest BCUT2D eigenvalue weighted by Gasteiger charge is 2.29. The van der Waals surface area contributed by atoms with Crippen molar-refractivity contribution >= 4 is 5.91 Å². The minimum atomic E-state index is 0.0293. The van der Waals surface area contributed by atoms with Gasteiger partial charge < -0.3 is 15.5 Å². The Morgan fingerprint density at radius 3 is 2.88 bits per heavy atom. The maximum atomic E-state index is 12.3. The molecule has 1 saturated heterocycles. The van der Waals surface area contributed by atoms with Crippen LogP contribution in [0, 0.1) is 0 Å². The van der Waals surface area contributed by atoms with Gasteiger partial charge in [0.2, 0.25) is 0 Å². The third-order valence-corrected chi connectivity index (χ3v) is 3.17. The fraction of sp³-hybridized carbons (Fsp3) is 0.636. The van der Waals surface area contributed by atoms with Crippen LogP contribution in [0.2, 0.25) is 0 Å². The molecule has 6 heteroatoms. The number of amides is 1. The summed E-state index contributed by atoms with van der Waals surface area (Å²) in [5, 5.41) is 4.03. The molecule has 0 aromatic carbocycles. The summed E-state index contributed by atoms with van der Waals surface area (Å²) in [4.78, 5) is 16.3. The number of aryl methyl sites for hydroxylation is 1. The van der Waals surface area contributed by atoms with Crippen molar-refractivity contribution in [3.8, 4) is 0 Å². The van der Waals surface area contributed by atoms with Crippen LogP contribution >= 0.6 is 0 Å². The summed E-state index contributed by atoms with van der Waals surface area (Å²) in [5.74, 6) is 0.0293. The molecule has 2 heterocycles. The lowest BCUT2D eigenvalue weighted by molar-refractivity contribution is 0.0516. The summed E-state index contributed by atoms with van der Waals surface area (Å²) in [5.41, 5.74) is 6.37. The second kappa shape index (κ2) is 4.85. The quantitative estimate of drug-likeness (QED) is 0.726. The Labute approximate surface area is 101 Å². The van der Waals surface area contributed by atoms with E-state index in [9.17, 15) is 4.79 Å². The molecule has 2 rings (SSSR count). The highest BCUT2D eigenvalue weighted by molar-refractivity contribution is 5.94. The summed E-state index contributed by atoms with van der Waals surface area (Å²) in [6.45, 7) is 2.95. The average Bonchev–Trinajstić information content (AvgIpc) is 2.75. The van der Waals surface area contributed by atoms with Gasteiger partial charge in [0.1, 0.15) is 0 Å². The third kappa shape index (κ3) is 2.48. The zero-order chi connectivity index (χ0) is 12.4. The summed E-state index contributed by atoms with van der Waals surface area (Å²) in [7, 11) is 3.86. The molecule has 94 valence electrons. The number of piperazine rings is 1. The lowest BCUT2D eigenvalue weighted by atomic mass is 10.1. The van der Waals surface area contributed by atoms with Gasteiger partial charge in [0.05, 0.1) is 17.8 Å². The van der Waals surface area contributed by atoms with Gasteiger partial charge >= 0.3 is 0 Å². The molecule has 0 aliphatic carbocycles. The van der Waals surface area contributed by atoms with Gasteiger partial charge in [0.15, 0.2) is 0 Å². The molecule has 1 atom stereocenters. The standard InChI is InChI=1S/C11H19N5O/c1-14-3-4-16(10(5-12)8-14)11(17)9-6-13-15(2)7-9/h6-7,10H,3-5,8,12H2,1-2H3. The maximum absolute atomic E-state index is 12.3. The molecule has 0 bridgehead atoms. The lowest BCUT2D eigenvalue weighted by Crippen LogP contribution is -2.56. The van der Waals surface area contributed by atoms with Gasteiger partial charge in [-0.25, -0.2) is 0 Å². The molecule has 1 amide bonds. The van der Waals surface area contributed by atoms with Crippen LogP contribution in [0.3, 0.4) is 0 Å². The molecule has 1 aromatic rings. The largest absolute Gasteiger partial charge is 0.332 e. The zero-order valence-electron chi connectivity index (χ0n) is 10.3. The molecule has 17 heavy (non-hydrogen) atoms. The Morgan fingerprint density at radius 1 is 1.53 bits per heavy atom. The van der Waals surface area contributed by atoms with Crippen molar-refractivity contribution in [2.45, 2.75) is 6.04 Å². The molecular formula is C11H19N5O. The summed E-state index contributed by atoms with van der Waals surface area (Å²) in [6, 6.07) is 0.0986. The van der Waals surface area contributed by atoms with Crippen LogP contribution in [0.4, 0.5) is 0 Å². The van der Waals surface area contributed by atoms with Gasteiger partial charge in [0, 0.05) is 39.4 Å². The number of carbonyl (C=O) groups excluding carboxylic acids is 1. The topological polar surface area (TPSA) is 67.4 Å². The van der Waals surface area contributed by atoms with Crippen LogP contribution in [-0.2, 0) is 7.05 Å². The minimum absolute atomic E-state index is 0.0293. The number of hydrogen-bond donors (Lipinski definition) is 1. The fourth-order valence-electron chi connectivity index (χ4n) is 2.18. The smallest absolute Gasteiger partial charge is 0.257 e. The molecule has 1 aromatic heterocycles.